The van der Waals surface area contributed by atoms with Crippen LogP contribution in [0.3, 0.4) is 0 Å². The molecule has 4 fully saturated rings. The molecule has 6 aliphatic carbocycles. The van der Waals surface area contributed by atoms with Gasteiger partial charge in [-0.3, -0.25) is 0 Å². The summed E-state index contributed by atoms with van der Waals surface area (Å²) in [6.07, 6.45) is 13.6. The molecule has 0 nitrogen and oxygen atoms in total. The fourth-order valence-electron chi connectivity index (χ4n) is 6.53. The van der Waals surface area contributed by atoms with Gasteiger partial charge in [0.1, 0.15) is 0 Å². The lowest BCUT2D eigenvalue weighted by Crippen LogP contribution is -2.61. The number of hydrogen-bond acceptors (Lipinski definition) is 0. The van der Waals surface area contributed by atoms with Crippen LogP contribution in [0.2, 0.25) is 0 Å². The maximum absolute atomic E-state index is 2.74. The zero-order valence-corrected chi connectivity index (χ0v) is 9.41. The Labute approximate surface area is 92.1 Å². The van der Waals surface area contributed by atoms with Gasteiger partial charge in [0.25, 0.3) is 0 Å². The Morgan fingerprint density at radius 1 is 1.13 bits per heavy atom. The summed E-state index contributed by atoms with van der Waals surface area (Å²) in [6.45, 7) is 0. The van der Waals surface area contributed by atoms with Crippen LogP contribution in [-0.4, -0.2) is 0 Å². The van der Waals surface area contributed by atoms with Crippen LogP contribution in [-0.2, 0) is 0 Å². The third-order valence-electron chi connectivity index (χ3n) is 6.77. The number of hydrogen-bond donors (Lipinski definition) is 0. The molecule has 6 atom stereocenters. The molecule has 0 heterocycles. The van der Waals surface area contributed by atoms with E-state index in [0.717, 1.165) is 23.2 Å². The van der Waals surface area contributed by atoms with Gasteiger partial charge >= 0.3 is 0 Å². The summed E-state index contributed by atoms with van der Waals surface area (Å²) in [7, 11) is 0. The second-order valence-electron chi connectivity index (χ2n) is 7.04. The largest absolute Gasteiger partial charge is 0.0782 e. The van der Waals surface area contributed by atoms with Crippen LogP contribution in [0.1, 0.15) is 44.9 Å². The monoisotopic (exact) mass is 200 g/mol. The summed E-state index contributed by atoms with van der Waals surface area (Å²) >= 11 is 0. The van der Waals surface area contributed by atoms with Crippen molar-refractivity contribution in [3.8, 4) is 0 Å². The Morgan fingerprint density at radius 2 is 2.00 bits per heavy atom. The Kier molecular flexibility index (Phi) is 1.17. The predicted octanol–water partition coefficient (Wildman–Crippen LogP) is 3.78. The third kappa shape index (κ3) is 0.681. The van der Waals surface area contributed by atoms with Crippen molar-refractivity contribution in [2.45, 2.75) is 44.9 Å². The molecule has 0 aromatic rings. The van der Waals surface area contributed by atoms with Gasteiger partial charge in [-0.1, -0.05) is 30.9 Å². The fourth-order valence-corrected chi connectivity index (χ4v) is 6.53. The van der Waals surface area contributed by atoms with Crippen molar-refractivity contribution >= 4 is 0 Å². The molecule has 0 saturated heterocycles. The van der Waals surface area contributed by atoms with Gasteiger partial charge in [-0.15, -0.1) is 0 Å². The average Bonchev–Trinajstić information content (AvgIpc) is 2.53. The first-order valence-corrected chi connectivity index (χ1v) is 7.09. The van der Waals surface area contributed by atoms with E-state index in [4.69, 9.17) is 0 Å². The zero-order valence-electron chi connectivity index (χ0n) is 9.41. The minimum absolute atomic E-state index is 0.794. The Morgan fingerprint density at radius 3 is 2.93 bits per heavy atom. The zero-order chi connectivity index (χ0) is 9.62. The molecule has 6 aliphatic rings. The minimum Gasteiger partial charge on any atom is -0.0782 e. The molecule has 6 rings (SSSR count). The summed E-state index contributed by atoms with van der Waals surface area (Å²) in [5, 5.41) is 0. The lowest BCUT2D eigenvalue weighted by molar-refractivity contribution is -0.124. The quantitative estimate of drug-likeness (QED) is 0.522. The van der Waals surface area contributed by atoms with Crippen LogP contribution in [0.25, 0.3) is 0 Å². The molecule has 0 heteroatoms. The van der Waals surface area contributed by atoms with Crippen molar-refractivity contribution in [1.29, 1.82) is 0 Å². The maximum atomic E-state index is 2.74. The van der Waals surface area contributed by atoms with Crippen molar-refractivity contribution in [2.24, 2.45) is 35.0 Å². The van der Waals surface area contributed by atoms with Crippen LogP contribution in [0, 0.1) is 35.0 Å². The number of allylic oxidation sites excluding steroid dienone is 2. The minimum atomic E-state index is 0.794. The molecule has 1 spiro atoms. The van der Waals surface area contributed by atoms with Gasteiger partial charge in [0.15, 0.2) is 0 Å². The first-order chi connectivity index (χ1) is 7.38. The molecule has 0 aromatic carbocycles. The smallest absolute Gasteiger partial charge is 0.00136 e. The van der Waals surface area contributed by atoms with E-state index in [2.05, 4.69) is 6.08 Å². The highest BCUT2D eigenvalue weighted by molar-refractivity contribution is 5.39. The predicted molar refractivity (Wildman–Crippen MR) is 60.3 cm³/mol. The van der Waals surface area contributed by atoms with E-state index in [9.17, 15) is 0 Å². The molecule has 0 N–H and O–H groups in total. The molecular weight excluding hydrogens is 180 g/mol. The lowest BCUT2D eigenvalue weighted by Gasteiger charge is -2.68. The van der Waals surface area contributed by atoms with Crippen molar-refractivity contribution in [2.75, 3.05) is 0 Å². The summed E-state index contributed by atoms with van der Waals surface area (Å²) in [5.74, 6) is 5.78. The summed E-state index contributed by atoms with van der Waals surface area (Å²) in [5.41, 5.74) is 2.65. The van der Waals surface area contributed by atoms with E-state index in [1.165, 1.54) is 24.7 Å². The molecule has 0 amide bonds. The first kappa shape index (κ1) is 7.92. The Bertz CT molecular complexity index is 366. The van der Waals surface area contributed by atoms with Crippen LogP contribution >= 0.6 is 0 Å². The van der Waals surface area contributed by atoms with Gasteiger partial charge in [-0.25, -0.2) is 0 Å². The van der Waals surface area contributed by atoms with Crippen LogP contribution in [0.5, 0.6) is 0 Å². The second kappa shape index (κ2) is 2.21. The summed E-state index contributed by atoms with van der Waals surface area (Å²) in [6, 6.07) is 0. The summed E-state index contributed by atoms with van der Waals surface area (Å²) < 4.78 is 0. The summed E-state index contributed by atoms with van der Waals surface area (Å²) in [4.78, 5) is 0. The maximum Gasteiger partial charge on any atom is -0.00136 e. The molecule has 15 heavy (non-hydrogen) atoms. The van der Waals surface area contributed by atoms with Crippen LogP contribution < -0.4 is 0 Å². The topological polar surface area (TPSA) is 0 Å². The highest BCUT2D eigenvalue weighted by Gasteiger charge is 2.71. The van der Waals surface area contributed by atoms with Crippen molar-refractivity contribution in [3.05, 3.63) is 11.6 Å². The van der Waals surface area contributed by atoms with E-state index in [0.29, 0.717) is 0 Å². The average molecular weight is 200 g/mol. The van der Waals surface area contributed by atoms with E-state index in [1.54, 1.807) is 32.1 Å². The molecule has 0 aliphatic heterocycles. The van der Waals surface area contributed by atoms with Crippen molar-refractivity contribution < 1.29 is 0 Å². The molecular formula is C15H20. The van der Waals surface area contributed by atoms with Crippen LogP contribution in [0.15, 0.2) is 11.6 Å². The van der Waals surface area contributed by atoms with E-state index in [1.807, 2.05) is 5.57 Å². The highest BCUT2D eigenvalue weighted by atomic mass is 14.7. The van der Waals surface area contributed by atoms with Gasteiger partial charge in [0.2, 0.25) is 0 Å². The number of rotatable bonds is 0. The molecule has 0 radical (unpaired) electrons. The fraction of sp³-hybridized carbons (Fsp3) is 0.867. The van der Waals surface area contributed by atoms with Gasteiger partial charge < -0.3 is 0 Å². The molecule has 80 valence electrons. The van der Waals surface area contributed by atoms with Crippen molar-refractivity contribution in [1.82, 2.24) is 0 Å². The molecule has 4 saturated carbocycles. The highest BCUT2D eigenvalue weighted by Crippen LogP contribution is 2.78. The van der Waals surface area contributed by atoms with Gasteiger partial charge in [0, 0.05) is 0 Å². The first-order valence-electron chi connectivity index (χ1n) is 7.09. The standard InChI is InChI=1S/C15H20/c1-2-4-13-12-6-10(3-1)11-5-9-7-15(13,8-9)14(11)12/h7,10-14H,1-6,8H2. The SMILES string of the molecule is C1=C2CC3C4CCCCC5C(C4)C3C15C2. The lowest BCUT2D eigenvalue weighted by atomic mass is 9.36. The van der Waals surface area contributed by atoms with Crippen LogP contribution in [0.4, 0.5) is 0 Å². The Balaban J connectivity index is 1.68. The molecule has 6 unspecified atom stereocenters. The third-order valence-corrected chi connectivity index (χ3v) is 6.77. The Hall–Kier alpha value is -0.260. The number of fused-ring (bicyclic) bond motifs is 1. The molecule has 0 aromatic heterocycles. The van der Waals surface area contributed by atoms with Gasteiger partial charge in [0.05, 0.1) is 0 Å². The molecule has 4 bridgehead atoms. The van der Waals surface area contributed by atoms with Gasteiger partial charge in [-0.2, -0.15) is 0 Å². The van der Waals surface area contributed by atoms with E-state index >= 15 is 0 Å². The second-order valence-corrected chi connectivity index (χ2v) is 7.04. The van der Waals surface area contributed by atoms with Crippen molar-refractivity contribution in [3.63, 3.8) is 0 Å². The normalized spacial score (nSPS) is 63.5. The van der Waals surface area contributed by atoms with E-state index in [-0.39, 0.29) is 0 Å². The van der Waals surface area contributed by atoms with E-state index < -0.39 is 0 Å². The van der Waals surface area contributed by atoms with Gasteiger partial charge in [-0.05, 0) is 60.7 Å².